The van der Waals surface area contributed by atoms with Gasteiger partial charge in [0.15, 0.2) is 0 Å². The van der Waals surface area contributed by atoms with Gasteiger partial charge in [0.05, 0.1) is 12.6 Å². The van der Waals surface area contributed by atoms with Crippen molar-refractivity contribution < 1.29 is 9.53 Å². The van der Waals surface area contributed by atoms with Gasteiger partial charge < -0.3 is 15.4 Å². The highest BCUT2D eigenvalue weighted by Gasteiger charge is 2.17. The molecule has 0 saturated heterocycles. The Hall–Kier alpha value is -1.93. The van der Waals surface area contributed by atoms with E-state index in [9.17, 15) is 4.79 Å². The highest BCUT2D eigenvalue weighted by molar-refractivity contribution is 6.30. The van der Waals surface area contributed by atoms with E-state index < -0.39 is 17.7 Å². The maximum Gasteiger partial charge on any atom is 0.407 e. The van der Waals surface area contributed by atoms with Gasteiger partial charge in [0, 0.05) is 10.7 Å². The van der Waals surface area contributed by atoms with Gasteiger partial charge in [-0.3, -0.25) is 0 Å². The molecule has 20 heavy (non-hydrogen) atoms. The molecule has 0 aliphatic heterocycles. The van der Waals surface area contributed by atoms with Gasteiger partial charge in [-0.05, 0) is 45.0 Å². The molecule has 5 nitrogen and oxygen atoms in total. The van der Waals surface area contributed by atoms with Crippen LogP contribution in [0.3, 0.4) is 0 Å². The summed E-state index contributed by atoms with van der Waals surface area (Å²) in [6.45, 7) is 5.48. The van der Waals surface area contributed by atoms with Crippen LogP contribution in [0.4, 0.5) is 10.5 Å². The molecule has 108 valence electrons. The van der Waals surface area contributed by atoms with Crippen LogP contribution in [-0.2, 0) is 4.74 Å². The van der Waals surface area contributed by atoms with E-state index in [1.54, 1.807) is 45.0 Å². The quantitative estimate of drug-likeness (QED) is 0.895. The first-order valence-electron chi connectivity index (χ1n) is 6.19. The molecule has 1 aromatic rings. The number of ether oxygens (including phenoxy) is 1. The zero-order chi connectivity index (χ0) is 15.2. The van der Waals surface area contributed by atoms with Crippen LogP contribution in [-0.4, -0.2) is 24.3 Å². The first-order valence-corrected chi connectivity index (χ1v) is 6.56. The lowest BCUT2D eigenvalue weighted by atomic mass is 10.2. The number of hydrogen-bond acceptors (Lipinski definition) is 4. The monoisotopic (exact) mass is 295 g/mol. The summed E-state index contributed by atoms with van der Waals surface area (Å²) in [6.07, 6.45) is -0.546. The van der Waals surface area contributed by atoms with Crippen LogP contribution in [0.25, 0.3) is 0 Å². The Labute approximate surface area is 123 Å². The molecule has 0 saturated carbocycles. The Balaban J connectivity index is 2.46. The second-order valence-electron chi connectivity index (χ2n) is 5.22. The van der Waals surface area contributed by atoms with Crippen molar-refractivity contribution in [2.45, 2.75) is 32.4 Å². The fourth-order valence-electron chi connectivity index (χ4n) is 1.38. The van der Waals surface area contributed by atoms with Gasteiger partial charge in [-0.2, -0.15) is 5.26 Å². The van der Waals surface area contributed by atoms with Gasteiger partial charge in [0.25, 0.3) is 0 Å². The number of alkyl carbamates (subject to hydrolysis) is 1. The van der Waals surface area contributed by atoms with Crippen molar-refractivity contribution in [1.29, 1.82) is 5.26 Å². The molecule has 1 unspecified atom stereocenters. The van der Waals surface area contributed by atoms with Crippen LogP contribution >= 0.6 is 11.6 Å². The maximum absolute atomic E-state index is 11.5. The van der Waals surface area contributed by atoms with Gasteiger partial charge in [-0.25, -0.2) is 4.79 Å². The van der Waals surface area contributed by atoms with Gasteiger partial charge in [0.2, 0.25) is 0 Å². The zero-order valence-electron chi connectivity index (χ0n) is 11.7. The first kappa shape index (κ1) is 16.1. The van der Waals surface area contributed by atoms with Crippen molar-refractivity contribution in [2.24, 2.45) is 0 Å². The molecule has 6 heteroatoms. The molecule has 0 aromatic heterocycles. The van der Waals surface area contributed by atoms with Crippen LogP contribution in [0.15, 0.2) is 24.3 Å². The van der Waals surface area contributed by atoms with E-state index in [0.29, 0.717) is 5.02 Å². The number of benzene rings is 1. The summed E-state index contributed by atoms with van der Waals surface area (Å²) in [5.41, 5.74) is 0.197. The fraction of sp³-hybridized carbons (Fsp3) is 0.429. The molecule has 1 atom stereocenters. The minimum atomic E-state index is -0.560. The summed E-state index contributed by atoms with van der Waals surface area (Å²) < 4.78 is 5.09. The number of halogens is 1. The van der Waals surface area contributed by atoms with Crippen LogP contribution in [0.1, 0.15) is 20.8 Å². The molecule has 0 bridgehead atoms. The molecule has 1 rings (SSSR count). The molecule has 2 N–H and O–H groups in total. The molecular formula is C14H18ClN3O2. The van der Waals surface area contributed by atoms with Crippen LogP contribution < -0.4 is 10.6 Å². The summed E-state index contributed by atoms with van der Waals surface area (Å²) in [4.78, 5) is 11.5. The Morgan fingerprint density at radius 1 is 1.40 bits per heavy atom. The van der Waals surface area contributed by atoms with E-state index in [-0.39, 0.29) is 6.54 Å². The number of nitrogens with zero attached hydrogens (tertiary/aromatic N) is 1. The highest BCUT2D eigenvalue weighted by Crippen LogP contribution is 2.14. The number of amides is 1. The van der Waals surface area contributed by atoms with Crippen LogP contribution in [0.5, 0.6) is 0 Å². The van der Waals surface area contributed by atoms with E-state index in [1.807, 2.05) is 0 Å². The van der Waals surface area contributed by atoms with Gasteiger partial charge in [-0.1, -0.05) is 11.6 Å². The van der Waals surface area contributed by atoms with Crippen LogP contribution in [0, 0.1) is 11.3 Å². The average molecular weight is 296 g/mol. The molecule has 0 radical (unpaired) electrons. The highest BCUT2D eigenvalue weighted by atomic mass is 35.5. The summed E-state index contributed by atoms with van der Waals surface area (Å²) in [6, 6.07) is 8.49. The smallest absolute Gasteiger partial charge is 0.407 e. The number of rotatable bonds is 4. The van der Waals surface area contributed by atoms with Crippen molar-refractivity contribution in [2.75, 3.05) is 11.9 Å². The van der Waals surface area contributed by atoms with E-state index in [4.69, 9.17) is 21.6 Å². The third kappa shape index (κ3) is 6.30. The van der Waals surface area contributed by atoms with Crippen molar-refractivity contribution in [3.63, 3.8) is 0 Å². The minimum absolute atomic E-state index is 0.147. The zero-order valence-corrected chi connectivity index (χ0v) is 12.5. The number of nitrogens with one attached hydrogen (secondary N) is 2. The van der Waals surface area contributed by atoms with Crippen LogP contribution in [0.2, 0.25) is 5.02 Å². The summed E-state index contributed by atoms with van der Waals surface area (Å²) in [7, 11) is 0. The average Bonchev–Trinajstić information content (AvgIpc) is 2.34. The predicted molar refractivity (Wildman–Crippen MR) is 78.7 cm³/mol. The second-order valence-corrected chi connectivity index (χ2v) is 5.65. The largest absolute Gasteiger partial charge is 0.444 e. The lowest BCUT2D eigenvalue weighted by molar-refractivity contribution is 0.0527. The van der Waals surface area contributed by atoms with Gasteiger partial charge >= 0.3 is 6.09 Å². The molecule has 1 amide bonds. The van der Waals surface area contributed by atoms with E-state index >= 15 is 0 Å². The maximum atomic E-state index is 11.5. The summed E-state index contributed by atoms with van der Waals surface area (Å²) in [5, 5.41) is 15.2. The van der Waals surface area contributed by atoms with Crippen molar-refractivity contribution in [1.82, 2.24) is 5.32 Å². The number of hydrogen-bond donors (Lipinski definition) is 2. The number of anilines is 1. The number of carbonyl (C=O) groups excluding carboxylic acids is 1. The Kier molecular flexibility index (Phi) is 5.66. The molecule has 0 aliphatic carbocycles. The minimum Gasteiger partial charge on any atom is -0.444 e. The predicted octanol–water partition coefficient (Wildman–Crippen LogP) is 3.17. The molecular weight excluding hydrogens is 278 g/mol. The second kappa shape index (κ2) is 7.01. The number of nitriles is 1. The molecule has 0 spiro atoms. The first-order chi connectivity index (χ1) is 9.30. The van der Waals surface area contributed by atoms with Crippen molar-refractivity contribution in [3.05, 3.63) is 29.3 Å². The SMILES string of the molecule is CC(C)(C)OC(=O)NCC(C#N)Nc1ccc(Cl)cc1. The normalized spacial score (nSPS) is 12.2. The molecule has 0 heterocycles. The summed E-state index contributed by atoms with van der Waals surface area (Å²) >= 11 is 5.78. The Morgan fingerprint density at radius 3 is 2.50 bits per heavy atom. The van der Waals surface area contributed by atoms with Gasteiger partial charge in [-0.15, -0.1) is 0 Å². The lowest BCUT2D eigenvalue weighted by Crippen LogP contribution is -2.38. The molecule has 1 aromatic carbocycles. The lowest BCUT2D eigenvalue weighted by Gasteiger charge is -2.20. The van der Waals surface area contributed by atoms with Gasteiger partial charge in [0.1, 0.15) is 11.6 Å². The molecule has 0 aliphatic rings. The standard InChI is InChI=1S/C14H18ClN3O2/c1-14(2,3)20-13(19)17-9-12(8-16)18-11-6-4-10(15)5-7-11/h4-7,12,18H,9H2,1-3H3,(H,17,19). The topological polar surface area (TPSA) is 74.1 Å². The van der Waals surface area contributed by atoms with E-state index in [1.165, 1.54) is 0 Å². The van der Waals surface area contributed by atoms with Crippen molar-refractivity contribution >= 4 is 23.4 Å². The van der Waals surface area contributed by atoms with E-state index in [2.05, 4.69) is 16.7 Å². The third-order valence-corrected chi connectivity index (χ3v) is 2.44. The fourth-order valence-corrected chi connectivity index (χ4v) is 1.50. The summed E-state index contributed by atoms with van der Waals surface area (Å²) in [5.74, 6) is 0. The Bertz CT molecular complexity index is 489. The Morgan fingerprint density at radius 2 is 2.00 bits per heavy atom. The number of carbonyl (C=O) groups is 1. The van der Waals surface area contributed by atoms with Crippen molar-refractivity contribution in [3.8, 4) is 6.07 Å². The molecule has 0 fully saturated rings. The third-order valence-electron chi connectivity index (χ3n) is 2.19. The van der Waals surface area contributed by atoms with E-state index in [0.717, 1.165) is 5.69 Å².